The third-order valence-corrected chi connectivity index (χ3v) is 3.21. The number of benzene rings is 1. The van der Waals surface area contributed by atoms with Crippen molar-refractivity contribution in [2.75, 3.05) is 0 Å². The molecule has 0 spiro atoms. The van der Waals surface area contributed by atoms with Crippen LogP contribution >= 0.6 is 0 Å². The first-order valence-electron chi connectivity index (χ1n) is 6.31. The van der Waals surface area contributed by atoms with E-state index in [0.717, 1.165) is 28.7 Å². The maximum Gasteiger partial charge on any atom is 0.246 e. The van der Waals surface area contributed by atoms with Gasteiger partial charge in [-0.3, -0.25) is 0 Å². The van der Waals surface area contributed by atoms with E-state index in [1.807, 2.05) is 42.0 Å². The molecule has 0 amide bonds. The summed E-state index contributed by atoms with van der Waals surface area (Å²) in [6, 6.07) is 7.88. The van der Waals surface area contributed by atoms with Crippen molar-refractivity contribution in [3.05, 3.63) is 47.7 Å². The molecule has 0 aliphatic rings. The fraction of sp³-hybridized carbons (Fsp3) is 0.286. The van der Waals surface area contributed by atoms with E-state index >= 15 is 0 Å². The molecule has 0 radical (unpaired) electrons. The molecule has 19 heavy (non-hydrogen) atoms. The van der Waals surface area contributed by atoms with Gasteiger partial charge in [-0.25, -0.2) is 0 Å². The fourth-order valence-corrected chi connectivity index (χ4v) is 2.21. The molecule has 0 aliphatic heterocycles. The summed E-state index contributed by atoms with van der Waals surface area (Å²) in [6.07, 6.45) is 2.74. The normalized spacial score (nSPS) is 11.3. The van der Waals surface area contributed by atoms with Gasteiger partial charge in [0.1, 0.15) is 6.54 Å². The van der Waals surface area contributed by atoms with Gasteiger partial charge in [-0.2, -0.15) is 4.98 Å². The highest BCUT2D eigenvalue weighted by Gasteiger charge is 2.09. The van der Waals surface area contributed by atoms with E-state index in [1.165, 1.54) is 0 Å². The number of nitrogens with zero attached hydrogens (tertiary/aromatic N) is 3. The van der Waals surface area contributed by atoms with Crippen LogP contribution in [0.15, 0.2) is 35.0 Å². The Morgan fingerprint density at radius 1 is 1.32 bits per heavy atom. The lowest BCUT2D eigenvalue weighted by Gasteiger charge is -2.03. The standard InChI is InChI=1S/C14H15N3O2/c1-2-13-15-14(19-16-13)8-17-7-6-11-10(9-18)4-3-5-12(11)17/h3-7,18H,2,8-9H2,1H3. The molecule has 1 N–H and O–H groups in total. The van der Waals surface area contributed by atoms with Crippen molar-refractivity contribution in [2.45, 2.75) is 26.5 Å². The Kier molecular flexibility index (Phi) is 3.05. The molecule has 0 atom stereocenters. The van der Waals surface area contributed by atoms with Crippen LogP contribution in [-0.4, -0.2) is 19.8 Å². The summed E-state index contributed by atoms with van der Waals surface area (Å²) in [5.41, 5.74) is 1.99. The monoisotopic (exact) mass is 257 g/mol. The molecule has 0 bridgehead atoms. The van der Waals surface area contributed by atoms with E-state index in [0.29, 0.717) is 12.4 Å². The van der Waals surface area contributed by atoms with Gasteiger partial charge in [0.2, 0.25) is 5.89 Å². The van der Waals surface area contributed by atoms with Crippen LogP contribution in [0, 0.1) is 0 Å². The van der Waals surface area contributed by atoms with Gasteiger partial charge in [0, 0.05) is 23.5 Å². The Morgan fingerprint density at radius 2 is 2.21 bits per heavy atom. The average Bonchev–Trinajstić information content (AvgIpc) is 3.06. The van der Waals surface area contributed by atoms with E-state index < -0.39 is 0 Å². The first-order chi connectivity index (χ1) is 9.31. The van der Waals surface area contributed by atoms with Crippen LogP contribution in [0.1, 0.15) is 24.2 Å². The van der Waals surface area contributed by atoms with Crippen molar-refractivity contribution < 1.29 is 9.63 Å². The molecule has 5 nitrogen and oxygen atoms in total. The second kappa shape index (κ2) is 4.85. The van der Waals surface area contributed by atoms with Gasteiger partial charge >= 0.3 is 0 Å². The van der Waals surface area contributed by atoms with E-state index in [-0.39, 0.29) is 6.61 Å². The predicted molar refractivity (Wildman–Crippen MR) is 70.6 cm³/mol. The Balaban J connectivity index is 1.97. The van der Waals surface area contributed by atoms with Crippen molar-refractivity contribution in [1.29, 1.82) is 0 Å². The van der Waals surface area contributed by atoms with E-state index in [1.54, 1.807) is 0 Å². The summed E-state index contributed by atoms with van der Waals surface area (Å²) >= 11 is 0. The molecule has 5 heteroatoms. The first kappa shape index (κ1) is 11.9. The second-order valence-electron chi connectivity index (χ2n) is 4.41. The number of aliphatic hydroxyl groups excluding tert-OH is 1. The van der Waals surface area contributed by atoms with Crippen LogP contribution in [0.5, 0.6) is 0 Å². The molecule has 3 aromatic rings. The van der Waals surface area contributed by atoms with Gasteiger partial charge in [-0.1, -0.05) is 24.2 Å². The number of hydrogen-bond donors (Lipinski definition) is 1. The first-order valence-corrected chi connectivity index (χ1v) is 6.31. The molecule has 2 aromatic heterocycles. The minimum absolute atomic E-state index is 0.0435. The van der Waals surface area contributed by atoms with Crippen molar-refractivity contribution in [1.82, 2.24) is 14.7 Å². The molecular weight excluding hydrogens is 242 g/mol. The molecule has 2 heterocycles. The Hall–Kier alpha value is -2.14. The molecule has 0 unspecified atom stereocenters. The number of fused-ring (bicyclic) bond motifs is 1. The lowest BCUT2D eigenvalue weighted by molar-refractivity contribution is 0.283. The van der Waals surface area contributed by atoms with Crippen molar-refractivity contribution >= 4 is 10.9 Å². The number of hydrogen-bond acceptors (Lipinski definition) is 4. The second-order valence-corrected chi connectivity index (χ2v) is 4.41. The molecule has 0 aliphatic carbocycles. The third kappa shape index (κ3) is 2.13. The topological polar surface area (TPSA) is 64.1 Å². The van der Waals surface area contributed by atoms with Crippen LogP contribution in [-0.2, 0) is 19.6 Å². The maximum absolute atomic E-state index is 9.32. The number of aromatic nitrogens is 3. The van der Waals surface area contributed by atoms with Crippen LogP contribution in [0.25, 0.3) is 10.9 Å². The largest absolute Gasteiger partial charge is 0.392 e. The summed E-state index contributed by atoms with van der Waals surface area (Å²) in [4.78, 5) is 4.31. The van der Waals surface area contributed by atoms with Crippen molar-refractivity contribution in [3.8, 4) is 0 Å². The van der Waals surface area contributed by atoms with E-state index in [9.17, 15) is 5.11 Å². The zero-order valence-corrected chi connectivity index (χ0v) is 10.7. The third-order valence-electron chi connectivity index (χ3n) is 3.21. The zero-order valence-electron chi connectivity index (χ0n) is 10.7. The molecule has 0 saturated heterocycles. The van der Waals surface area contributed by atoms with Crippen molar-refractivity contribution in [2.24, 2.45) is 0 Å². The molecule has 1 aromatic carbocycles. The van der Waals surface area contributed by atoms with Crippen LogP contribution < -0.4 is 0 Å². The highest BCUT2D eigenvalue weighted by atomic mass is 16.5. The highest BCUT2D eigenvalue weighted by molar-refractivity contribution is 5.83. The summed E-state index contributed by atoms with van der Waals surface area (Å²) in [5, 5.41) is 14.3. The quantitative estimate of drug-likeness (QED) is 0.777. The maximum atomic E-state index is 9.32. The molecule has 3 rings (SSSR count). The Bertz CT molecular complexity index is 700. The number of rotatable bonds is 4. The minimum Gasteiger partial charge on any atom is -0.392 e. The van der Waals surface area contributed by atoms with Crippen LogP contribution in [0.3, 0.4) is 0 Å². The van der Waals surface area contributed by atoms with Gasteiger partial charge in [0.25, 0.3) is 0 Å². The predicted octanol–water partition coefficient (Wildman–Crippen LogP) is 2.13. The lowest BCUT2D eigenvalue weighted by Crippen LogP contribution is -1.98. The highest BCUT2D eigenvalue weighted by Crippen LogP contribution is 2.21. The smallest absolute Gasteiger partial charge is 0.246 e. The molecule has 0 saturated carbocycles. The number of aliphatic hydroxyl groups is 1. The molecule has 98 valence electrons. The summed E-state index contributed by atoms with van der Waals surface area (Å²) in [5.74, 6) is 1.33. The van der Waals surface area contributed by atoms with Gasteiger partial charge in [0.05, 0.1) is 6.61 Å². The molecular formula is C14H15N3O2. The summed E-state index contributed by atoms with van der Waals surface area (Å²) < 4.78 is 7.25. The van der Waals surface area contributed by atoms with Crippen LogP contribution in [0.4, 0.5) is 0 Å². The summed E-state index contributed by atoms with van der Waals surface area (Å²) in [6.45, 7) is 2.58. The van der Waals surface area contributed by atoms with Gasteiger partial charge in [0.15, 0.2) is 5.82 Å². The summed E-state index contributed by atoms with van der Waals surface area (Å²) in [7, 11) is 0. The van der Waals surface area contributed by atoms with Gasteiger partial charge in [-0.05, 0) is 17.7 Å². The van der Waals surface area contributed by atoms with Gasteiger partial charge in [-0.15, -0.1) is 0 Å². The fourth-order valence-electron chi connectivity index (χ4n) is 2.21. The average molecular weight is 257 g/mol. The van der Waals surface area contributed by atoms with Crippen LogP contribution in [0.2, 0.25) is 0 Å². The number of aryl methyl sites for hydroxylation is 1. The zero-order chi connectivity index (χ0) is 13.2. The minimum atomic E-state index is 0.0435. The molecule has 0 fully saturated rings. The lowest BCUT2D eigenvalue weighted by atomic mass is 10.1. The van der Waals surface area contributed by atoms with Gasteiger partial charge < -0.3 is 14.2 Å². The Labute approximate surface area is 110 Å². The van der Waals surface area contributed by atoms with E-state index in [4.69, 9.17) is 4.52 Å². The van der Waals surface area contributed by atoms with E-state index in [2.05, 4.69) is 10.1 Å². The van der Waals surface area contributed by atoms with Crippen molar-refractivity contribution in [3.63, 3.8) is 0 Å². The SMILES string of the molecule is CCc1noc(Cn2ccc3c(CO)cccc32)n1. The Morgan fingerprint density at radius 3 is 2.95 bits per heavy atom.